The summed E-state index contributed by atoms with van der Waals surface area (Å²) < 4.78 is 0. The SMILES string of the molecule is CCC(Br)C(=O)NC(C)Cc1cccs1. The van der Waals surface area contributed by atoms with Gasteiger partial charge in [0.05, 0.1) is 4.83 Å². The van der Waals surface area contributed by atoms with E-state index in [0.29, 0.717) is 0 Å². The molecule has 0 aliphatic heterocycles. The molecule has 0 radical (unpaired) electrons. The highest BCUT2D eigenvalue weighted by atomic mass is 79.9. The van der Waals surface area contributed by atoms with Crippen LogP contribution in [0.1, 0.15) is 25.1 Å². The molecule has 2 unspecified atom stereocenters. The van der Waals surface area contributed by atoms with E-state index in [1.165, 1.54) is 4.88 Å². The van der Waals surface area contributed by atoms with Crippen LogP contribution in [0.4, 0.5) is 0 Å². The lowest BCUT2D eigenvalue weighted by Crippen LogP contribution is -2.38. The minimum Gasteiger partial charge on any atom is -0.352 e. The number of hydrogen-bond donors (Lipinski definition) is 1. The van der Waals surface area contributed by atoms with Crippen LogP contribution in [0.5, 0.6) is 0 Å². The van der Waals surface area contributed by atoms with Gasteiger partial charge >= 0.3 is 0 Å². The highest BCUT2D eigenvalue weighted by molar-refractivity contribution is 9.10. The molecule has 0 saturated heterocycles. The molecule has 0 bridgehead atoms. The fraction of sp³-hybridized carbons (Fsp3) is 0.545. The van der Waals surface area contributed by atoms with E-state index < -0.39 is 0 Å². The zero-order chi connectivity index (χ0) is 11.3. The van der Waals surface area contributed by atoms with Crippen LogP contribution in [0.3, 0.4) is 0 Å². The van der Waals surface area contributed by atoms with E-state index in [0.717, 1.165) is 12.8 Å². The van der Waals surface area contributed by atoms with Gasteiger partial charge in [-0.15, -0.1) is 11.3 Å². The molecular formula is C11H16BrNOS. The predicted molar refractivity (Wildman–Crippen MR) is 68.6 cm³/mol. The van der Waals surface area contributed by atoms with Gasteiger partial charge in [-0.2, -0.15) is 0 Å². The Morgan fingerprint density at radius 3 is 2.93 bits per heavy atom. The summed E-state index contributed by atoms with van der Waals surface area (Å²) in [5, 5.41) is 5.05. The summed E-state index contributed by atoms with van der Waals surface area (Å²) in [5.74, 6) is 0.0848. The topological polar surface area (TPSA) is 29.1 Å². The van der Waals surface area contributed by atoms with Crippen molar-refractivity contribution in [3.8, 4) is 0 Å². The van der Waals surface area contributed by atoms with Crippen molar-refractivity contribution < 1.29 is 4.79 Å². The van der Waals surface area contributed by atoms with Crippen molar-refractivity contribution in [3.05, 3.63) is 22.4 Å². The average molecular weight is 290 g/mol. The lowest BCUT2D eigenvalue weighted by molar-refractivity contribution is -0.121. The minimum absolute atomic E-state index is 0.0664. The largest absolute Gasteiger partial charge is 0.352 e. The van der Waals surface area contributed by atoms with E-state index in [4.69, 9.17) is 0 Å². The first-order valence-electron chi connectivity index (χ1n) is 5.10. The summed E-state index contributed by atoms with van der Waals surface area (Å²) >= 11 is 5.07. The Morgan fingerprint density at radius 2 is 2.40 bits per heavy atom. The molecule has 1 rings (SSSR count). The van der Waals surface area contributed by atoms with E-state index in [2.05, 4.69) is 32.7 Å². The standard InChI is InChI=1S/C11H16BrNOS/c1-3-10(12)11(14)13-8(2)7-9-5-4-6-15-9/h4-6,8,10H,3,7H2,1-2H3,(H,13,14). The van der Waals surface area contributed by atoms with Gasteiger partial charge in [-0.25, -0.2) is 0 Å². The molecule has 0 aromatic carbocycles. The fourth-order valence-electron chi connectivity index (χ4n) is 1.30. The van der Waals surface area contributed by atoms with Gasteiger partial charge in [0.25, 0.3) is 0 Å². The molecule has 0 fully saturated rings. The molecule has 2 atom stereocenters. The Balaban J connectivity index is 2.36. The van der Waals surface area contributed by atoms with Crippen molar-refractivity contribution in [2.45, 2.75) is 37.6 Å². The van der Waals surface area contributed by atoms with Crippen molar-refractivity contribution in [1.29, 1.82) is 0 Å². The average Bonchev–Trinajstić information content (AvgIpc) is 2.68. The number of rotatable bonds is 5. The van der Waals surface area contributed by atoms with Gasteiger partial charge in [0.2, 0.25) is 5.91 Å². The first kappa shape index (κ1) is 12.7. The monoisotopic (exact) mass is 289 g/mol. The summed E-state index contributed by atoms with van der Waals surface area (Å²) in [6.07, 6.45) is 1.73. The number of hydrogen-bond acceptors (Lipinski definition) is 2. The van der Waals surface area contributed by atoms with E-state index in [9.17, 15) is 4.79 Å². The van der Waals surface area contributed by atoms with Gasteiger partial charge in [0.1, 0.15) is 0 Å². The highest BCUT2D eigenvalue weighted by Gasteiger charge is 2.14. The van der Waals surface area contributed by atoms with Crippen molar-refractivity contribution in [1.82, 2.24) is 5.32 Å². The normalized spacial score (nSPS) is 14.6. The number of carbonyl (C=O) groups is 1. The molecule has 1 heterocycles. The third-order valence-corrected chi connectivity index (χ3v) is 4.08. The second-order valence-electron chi connectivity index (χ2n) is 3.57. The number of thiophene rings is 1. The molecular weight excluding hydrogens is 274 g/mol. The Labute approximate surface area is 103 Å². The minimum atomic E-state index is -0.0664. The van der Waals surface area contributed by atoms with Crippen LogP contribution in [-0.2, 0) is 11.2 Å². The maximum atomic E-state index is 11.6. The number of halogens is 1. The van der Waals surface area contributed by atoms with Crippen LogP contribution in [0, 0.1) is 0 Å². The van der Waals surface area contributed by atoms with Gasteiger partial charge in [-0.05, 0) is 24.8 Å². The first-order chi connectivity index (χ1) is 7.13. The Morgan fingerprint density at radius 1 is 1.67 bits per heavy atom. The molecule has 0 aliphatic rings. The fourth-order valence-corrected chi connectivity index (χ4v) is 2.27. The molecule has 0 saturated carbocycles. The van der Waals surface area contributed by atoms with Crippen LogP contribution in [0.2, 0.25) is 0 Å². The highest BCUT2D eigenvalue weighted by Crippen LogP contribution is 2.11. The molecule has 1 amide bonds. The van der Waals surface area contributed by atoms with Crippen molar-refractivity contribution in [2.24, 2.45) is 0 Å². The molecule has 0 spiro atoms. The molecule has 84 valence electrons. The molecule has 15 heavy (non-hydrogen) atoms. The van der Waals surface area contributed by atoms with Gasteiger partial charge < -0.3 is 5.32 Å². The number of alkyl halides is 1. The zero-order valence-corrected chi connectivity index (χ0v) is 11.4. The zero-order valence-electron chi connectivity index (χ0n) is 9.00. The number of nitrogens with one attached hydrogen (secondary N) is 1. The van der Waals surface area contributed by atoms with Crippen LogP contribution in [0.15, 0.2) is 17.5 Å². The van der Waals surface area contributed by atoms with E-state index in [-0.39, 0.29) is 16.8 Å². The molecule has 4 heteroatoms. The summed E-state index contributed by atoms with van der Waals surface area (Å²) in [5.41, 5.74) is 0. The van der Waals surface area contributed by atoms with Crippen LogP contribution in [-0.4, -0.2) is 16.8 Å². The molecule has 2 nitrogen and oxygen atoms in total. The summed E-state index contributed by atoms with van der Waals surface area (Å²) in [4.78, 5) is 12.8. The van der Waals surface area contributed by atoms with Crippen LogP contribution in [0.25, 0.3) is 0 Å². The van der Waals surface area contributed by atoms with Gasteiger partial charge in [0, 0.05) is 17.3 Å². The number of carbonyl (C=O) groups excluding carboxylic acids is 1. The molecule has 1 N–H and O–H groups in total. The summed E-state index contributed by atoms with van der Waals surface area (Å²) in [7, 11) is 0. The van der Waals surface area contributed by atoms with Crippen molar-refractivity contribution in [3.63, 3.8) is 0 Å². The summed E-state index contributed by atoms with van der Waals surface area (Å²) in [6.45, 7) is 4.02. The van der Waals surface area contributed by atoms with Crippen LogP contribution >= 0.6 is 27.3 Å². The number of amides is 1. The van der Waals surface area contributed by atoms with Crippen LogP contribution < -0.4 is 5.32 Å². The quantitative estimate of drug-likeness (QED) is 0.830. The second kappa shape index (κ2) is 6.28. The summed E-state index contributed by atoms with van der Waals surface area (Å²) in [6, 6.07) is 4.33. The van der Waals surface area contributed by atoms with Crippen molar-refractivity contribution >= 4 is 33.2 Å². The smallest absolute Gasteiger partial charge is 0.233 e. The first-order valence-corrected chi connectivity index (χ1v) is 6.89. The lowest BCUT2D eigenvalue weighted by atomic mass is 10.2. The molecule has 1 aromatic heterocycles. The third-order valence-electron chi connectivity index (χ3n) is 2.12. The van der Waals surface area contributed by atoms with Gasteiger partial charge in [-0.1, -0.05) is 28.9 Å². The van der Waals surface area contributed by atoms with E-state index >= 15 is 0 Å². The lowest BCUT2D eigenvalue weighted by Gasteiger charge is -2.15. The predicted octanol–water partition coefficient (Wildman–Crippen LogP) is 2.97. The van der Waals surface area contributed by atoms with Gasteiger partial charge in [0.15, 0.2) is 0 Å². The third kappa shape index (κ3) is 4.34. The molecule has 0 aliphatic carbocycles. The van der Waals surface area contributed by atoms with E-state index in [1.54, 1.807) is 11.3 Å². The molecule has 1 aromatic rings. The van der Waals surface area contributed by atoms with Gasteiger partial charge in [-0.3, -0.25) is 4.79 Å². The van der Waals surface area contributed by atoms with Crippen molar-refractivity contribution in [2.75, 3.05) is 0 Å². The second-order valence-corrected chi connectivity index (χ2v) is 5.71. The van der Waals surface area contributed by atoms with E-state index in [1.807, 2.05) is 19.9 Å². The Kier molecular flexibility index (Phi) is 5.32. The Hall–Kier alpha value is -0.350. The maximum Gasteiger partial charge on any atom is 0.233 e. The Bertz CT molecular complexity index is 300. The maximum absolute atomic E-state index is 11.6.